The fourth-order valence-corrected chi connectivity index (χ4v) is 7.87. The second-order valence-electron chi connectivity index (χ2n) is 10.8. The number of carbonyl (C=O) groups excluding carboxylic acids is 1. The van der Waals surface area contributed by atoms with Crippen molar-refractivity contribution in [1.82, 2.24) is 25.1 Å². The van der Waals surface area contributed by atoms with Crippen molar-refractivity contribution in [3.63, 3.8) is 0 Å². The van der Waals surface area contributed by atoms with Gasteiger partial charge in [0.15, 0.2) is 0 Å². The summed E-state index contributed by atoms with van der Waals surface area (Å²) in [5.74, 6) is 3.44. The van der Waals surface area contributed by atoms with Crippen molar-refractivity contribution in [2.24, 2.45) is 23.7 Å². The van der Waals surface area contributed by atoms with Crippen LogP contribution in [0.4, 0.5) is 5.69 Å². The van der Waals surface area contributed by atoms with E-state index in [-0.39, 0.29) is 18.0 Å². The maximum absolute atomic E-state index is 13.6. The average Bonchev–Trinajstić information content (AvgIpc) is 3.53. The average molecular weight is 435 g/mol. The molecule has 0 unspecified atom stereocenters. The van der Waals surface area contributed by atoms with E-state index >= 15 is 0 Å². The normalized spacial score (nSPS) is 37.7. The van der Waals surface area contributed by atoms with Crippen LogP contribution in [0.5, 0.6) is 0 Å². The van der Waals surface area contributed by atoms with E-state index in [0.717, 1.165) is 42.3 Å². The molecule has 8 rings (SSSR count). The number of fused-ring (bicyclic) bond motifs is 1. The van der Waals surface area contributed by atoms with Crippen LogP contribution in [0.15, 0.2) is 24.5 Å². The Morgan fingerprint density at radius 3 is 2.53 bits per heavy atom. The van der Waals surface area contributed by atoms with Crippen molar-refractivity contribution >= 4 is 11.6 Å². The summed E-state index contributed by atoms with van der Waals surface area (Å²) in [6.45, 7) is 2.15. The van der Waals surface area contributed by atoms with Crippen molar-refractivity contribution in [2.75, 3.05) is 11.9 Å². The lowest BCUT2D eigenvalue weighted by Crippen LogP contribution is -2.58. The highest BCUT2D eigenvalue weighted by molar-refractivity contribution is 5.95. The van der Waals surface area contributed by atoms with Gasteiger partial charge in [-0.1, -0.05) is 6.07 Å². The number of nitrogens with zero attached hydrogens (tertiary/aromatic N) is 5. The van der Waals surface area contributed by atoms with Crippen LogP contribution in [-0.4, -0.2) is 49.6 Å². The van der Waals surface area contributed by atoms with Gasteiger partial charge in [0.1, 0.15) is 6.33 Å². The number of ether oxygens (including phenoxy) is 1. The third-order valence-corrected chi connectivity index (χ3v) is 8.91. The number of aromatic nitrogens is 4. The first-order valence-electron chi connectivity index (χ1n) is 12.2. The third-order valence-electron chi connectivity index (χ3n) is 8.91. The molecule has 4 aliphatic carbocycles. The van der Waals surface area contributed by atoms with Crippen LogP contribution >= 0.6 is 0 Å². The van der Waals surface area contributed by atoms with E-state index in [9.17, 15) is 4.79 Å². The molecule has 6 aliphatic rings. The molecule has 1 aromatic heterocycles. The Balaban J connectivity index is 1.16. The van der Waals surface area contributed by atoms with Crippen LogP contribution in [0.25, 0.3) is 0 Å². The zero-order valence-corrected chi connectivity index (χ0v) is 18.3. The number of nitrogens with one attached hydrogen (secondary N) is 1. The standard InChI is InChI=1S/C24H30N6O2/c31-24(26-20-2-1-16-11-32-12-19(16)8-20)22-9-21(30-13-25-27-28-30)10-29(22)23-17-4-14-3-15(6-17)7-18(23)5-14/h1-2,8,13-15,17-18,21-23H,3-7,9-12H2,(H,26,31)/t14?,15?,17?,18?,21-,22+,23?/m1/s1. The van der Waals surface area contributed by atoms with E-state index in [4.69, 9.17) is 4.74 Å². The van der Waals surface area contributed by atoms with E-state index in [1.807, 2.05) is 10.7 Å². The molecule has 8 heteroatoms. The van der Waals surface area contributed by atoms with Crippen molar-refractivity contribution in [1.29, 1.82) is 0 Å². The summed E-state index contributed by atoms with van der Waals surface area (Å²) in [4.78, 5) is 16.2. The molecule has 4 saturated carbocycles. The maximum Gasteiger partial charge on any atom is 0.241 e. The van der Waals surface area contributed by atoms with Crippen molar-refractivity contribution in [2.45, 2.75) is 69.9 Å². The number of likely N-dealkylation sites (tertiary alicyclic amines) is 1. The molecule has 1 aromatic carbocycles. The Kier molecular flexibility index (Phi) is 4.40. The fraction of sp³-hybridized carbons (Fsp3) is 0.667. The number of benzene rings is 1. The van der Waals surface area contributed by atoms with Crippen LogP contribution < -0.4 is 5.32 Å². The topological polar surface area (TPSA) is 85.2 Å². The number of hydrogen-bond acceptors (Lipinski definition) is 6. The minimum atomic E-state index is -0.142. The Labute approximate surface area is 187 Å². The third kappa shape index (κ3) is 3.10. The summed E-state index contributed by atoms with van der Waals surface area (Å²) in [6, 6.07) is 6.68. The summed E-state index contributed by atoms with van der Waals surface area (Å²) in [5, 5.41) is 15.1. The molecular formula is C24H30N6O2. The highest BCUT2D eigenvalue weighted by atomic mass is 16.5. The molecule has 8 nitrogen and oxygen atoms in total. The summed E-state index contributed by atoms with van der Waals surface area (Å²) < 4.78 is 7.39. The lowest BCUT2D eigenvalue weighted by atomic mass is 9.54. The monoisotopic (exact) mass is 434 g/mol. The second kappa shape index (κ2) is 7.35. The SMILES string of the molecule is O=C(Nc1ccc2c(c1)COC2)[C@@H]1C[C@@H](n2cnnn2)CN1C1C2CC3CC(C2)CC1C3. The highest BCUT2D eigenvalue weighted by Crippen LogP contribution is 2.56. The Bertz CT molecular complexity index is 996. The molecule has 168 valence electrons. The van der Waals surface area contributed by atoms with Crippen molar-refractivity contribution < 1.29 is 9.53 Å². The lowest BCUT2D eigenvalue weighted by molar-refractivity contribution is -0.125. The zero-order valence-electron chi connectivity index (χ0n) is 18.3. The number of amides is 1. The first-order chi connectivity index (χ1) is 15.7. The van der Waals surface area contributed by atoms with Gasteiger partial charge >= 0.3 is 0 Å². The number of hydrogen-bond donors (Lipinski definition) is 1. The van der Waals surface area contributed by atoms with Gasteiger partial charge in [0.25, 0.3) is 0 Å². The Morgan fingerprint density at radius 1 is 1.00 bits per heavy atom. The minimum Gasteiger partial charge on any atom is -0.372 e. The van der Waals surface area contributed by atoms with E-state index in [2.05, 4.69) is 37.9 Å². The molecular weight excluding hydrogens is 404 g/mol. The summed E-state index contributed by atoms with van der Waals surface area (Å²) in [7, 11) is 0. The van der Waals surface area contributed by atoms with Crippen LogP contribution in [0, 0.1) is 23.7 Å². The zero-order chi connectivity index (χ0) is 21.2. The van der Waals surface area contributed by atoms with Gasteiger partial charge in [0.2, 0.25) is 5.91 Å². The molecule has 2 aromatic rings. The molecule has 1 amide bonds. The van der Waals surface area contributed by atoms with E-state index in [1.54, 1.807) is 6.33 Å². The predicted molar refractivity (Wildman–Crippen MR) is 116 cm³/mol. The first kappa shape index (κ1) is 19.2. The molecule has 2 aliphatic heterocycles. The Morgan fingerprint density at radius 2 is 1.78 bits per heavy atom. The van der Waals surface area contributed by atoms with Crippen LogP contribution in [0.2, 0.25) is 0 Å². The summed E-state index contributed by atoms with van der Waals surface area (Å²) >= 11 is 0. The molecule has 32 heavy (non-hydrogen) atoms. The molecule has 2 atom stereocenters. The predicted octanol–water partition coefficient (Wildman–Crippen LogP) is 2.78. The van der Waals surface area contributed by atoms with Gasteiger partial charge in [0, 0.05) is 18.3 Å². The van der Waals surface area contributed by atoms with Gasteiger partial charge in [-0.3, -0.25) is 9.69 Å². The number of tetrazole rings is 1. The molecule has 0 radical (unpaired) electrons. The maximum atomic E-state index is 13.6. The lowest BCUT2D eigenvalue weighted by Gasteiger charge is -2.57. The van der Waals surface area contributed by atoms with Gasteiger partial charge < -0.3 is 10.1 Å². The van der Waals surface area contributed by atoms with Crippen molar-refractivity contribution in [3.05, 3.63) is 35.7 Å². The molecule has 5 fully saturated rings. The van der Waals surface area contributed by atoms with Crippen LogP contribution in [0.1, 0.15) is 55.7 Å². The largest absolute Gasteiger partial charge is 0.372 e. The van der Waals surface area contributed by atoms with Crippen LogP contribution in [0.3, 0.4) is 0 Å². The quantitative estimate of drug-likeness (QED) is 0.797. The minimum absolute atomic E-state index is 0.105. The van der Waals surface area contributed by atoms with E-state index in [0.29, 0.717) is 19.3 Å². The molecule has 1 saturated heterocycles. The van der Waals surface area contributed by atoms with Gasteiger partial charge in [-0.2, -0.15) is 0 Å². The van der Waals surface area contributed by atoms with Gasteiger partial charge in [0.05, 0.1) is 25.3 Å². The molecule has 0 spiro atoms. The van der Waals surface area contributed by atoms with Gasteiger partial charge in [-0.15, -0.1) is 5.10 Å². The fourth-order valence-electron chi connectivity index (χ4n) is 7.87. The first-order valence-corrected chi connectivity index (χ1v) is 12.2. The van der Waals surface area contributed by atoms with Gasteiger partial charge in [-0.25, -0.2) is 4.68 Å². The number of carbonyl (C=O) groups is 1. The van der Waals surface area contributed by atoms with E-state index in [1.165, 1.54) is 43.2 Å². The van der Waals surface area contributed by atoms with Crippen LogP contribution in [-0.2, 0) is 22.7 Å². The number of rotatable bonds is 4. The summed E-state index contributed by atoms with van der Waals surface area (Å²) in [6.07, 6.45) is 9.30. The Hall–Kier alpha value is -2.32. The summed E-state index contributed by atoms with van der Waals surface area (Å²) in [5.41, 5.74) is 3.27. The number of anilines is 1. The molecule has 1 N–H and O–H groups in total. The smallest absolute Gasteiger partial charge is 0.241 e. The van der Waals surface area contributed by atoms with Gasteiger partial charge in [-0.05, 0) is 95.9 Å². The molecule has 4 bridgehead atoms. The second-order valence-corrected chi connectivity index (χ2v) is 10.8. The molecule has 3 heterocycles. The van der Waals surface area contributed by atoms with E-state index < -0.39 is 0 Å². The van der Waals surface area contributed by atoms with Crippen molar-refractivity contribution in [3.8, 4) is 0 Å². The highest BCUT2D eigenvalue weighted by Gasteiger charge is 2.54.